The van der Waals surface area contributed by atoms with Crippen LogP contribution >= 0.6 is 11.3 Å². The first kappa shape index (κ1) is 21.9. The number of hydrogen-bond donors (Lipinski definition) is 0. The number of nitrogens with zero attached hydrogens (tertiary/aromatic N) is 3. The van der Waals surface area contributed by atoms with Gasteiger partial charge in [0.15, 0.2) is 0 Å². The molecule has 3 amide bonds. The molecule has 0 saturated carbocycles. The Morgan fingerprint density at radius 1 is 0.912 bits per heavy atom. The molecular formula is C27H23N3O3S. The van der Waals surface area contributed by atoms with Crippen LogP contribution in [0.15, 0.2) is 90.3 Å². The summed E-state index contributed by atoms with van der Waals surface area (Å²) in [5.41, 5.74) is 3.38. The Labute approximate surface area is 202 Å². The molecule has 3 aromatic carbocycles. The molecule has 5 rings (SSSR count). The molecular weight excluding hydrogens is 446 g/mol. The molecule has 1 aliphatic heterocycles. The fourth-order valence-corrected chi connectivity index (χ4v) is 4.92. The maximum atomic E-state index is 13.5. The van der Waals surface area contributed by atoms with E-state index in [1.165, 1.54) is 16.2 Å². The van der Waals surface area contributed by atoms with Crippen molar-refractivity contribution in [2.45, 2.75) is 19.1 Å². The van der Waals surface area contributed by atoms with Crippen molar-refractivity contribution in [1.29, 1.82) is 0 Å². The smallest absolute Gasteiger partial charge is 0.328 e. The third kappa shape index (κ3) is 4.30. The highest BCUT2D eigenvalue weighted by molar-refractivity contribution is 7.13. The number of amides is 3. The average Bonchev–Trinajstić information content (AvgIpc) is 3.44. The number of thiazole rings is 1. The van der Waals surface area contributed by atoms with Crippen LogP contribution in [0.2, 0.25) is 0 Å². The zero-order valence-electron chi connectivity index (χ0n) is 18.6. The number of aromatic nitrogens is 1. The highest BCUT2D eigenvalue weighted by Gasteiger charge is 2.45. The second-order valence-electron chi connectivity index (χ2n) is 8.01. The molecule has 7 heteroatoms. The minimum absolute atomic E-state index is 0.132. The van der Waals surface area contributed by atoms with Crippen LogP contribution in [0.25, 0.3) is 10.6 Å². The van der Waals surface area contributed by atoms with Gasteiger partial charge in [-0.3, -0.25) is 9.69 Å². The molecule has 1 atom stereocenters. The fraction of sp³-hybridized carbons (Fsp3) is 0.148. The second-order valence-corrected chi connectivity index (χ2v) is 8.87. The van der Waals surface area contributed by atoms with Gasteiger partial charge in [0.1, 0.15) is 16.8 Å². The van der Waals surface area contributed by atoms with Crippen molar-refractivity contribution >= 4 is 23.3 Å². The van der Waals surface area contributed by atoms with Crippen LogP contribution in [0.5, 0.6) is 5.75 Å². The number of carbonyl (C=O) groups excluding carboxylic acids is 2. The molecule has 0 aliphatic carbocycles. The van der Waals surface area contributed by atoms with Crippen molar-refractivity contribution in [3.05, 3.63) is 107 Å². The molecule has 2 heterocycles. The number of urea groups is 1. The molecule has 34 heavy (non-hydrogen) atoms. The van der Waals surface area contributed by atoms with E-state index in [2.05, 4.69) is 0 Å². The van der Waals surface area contributed by atoms with Crippen LogP contribution in [-0.2, 0) is 17.9 Å². The number of methoxy groups -OCH3 is 1. The zero-order valence-corrected chi connectivity index (χ0v) is 19.4. The lowest BCUT2D eigenvalue weighted by Crippen LogP contribution is -2.32. The summed E-state index contributed by atoms with van der Waals surface area (Å²) in [5, 5.41) is 2.71. The largest absolute Gasteiger partial charge is 0.497 e. The summed E-state index contributed by atoms with van der Waals surface area (Å²) in [5.74, 6) is 0.518. The summed E-state index contributed by atoms with van der Waals surface area (Å²) >= 11 is 1.48. The van der Waals surface area contributed by atoms with Gasteiger partial charge in [0.2, 0.25) is 0 Å². The third-order valence-electron chi connectivity index (χ3n) is 5.79. The standard InChI is InChI=1S/C27H23N3O3S/c1-33-23-14-8-13-21(15-23)25-28-22(18-34-25)17-30-26(31)24(20-11-6-3-7-12-20)29(27(30)32)16-19-9-4-2-5-10-19/h2-15,18,24H,16-17H2,1H3. The Bertz CT molecular complexity index is 1310. The lowest BCUT2D eigenvalue weighted by Gasteiger charge is -2.22. The number of imide groups is 1. The Balaban J connectivity index is 1.42. The Morgan fingerprint density at radius 3 is 2.38 bits per heavy atom. The van der Waals surface area contributed by atoms with Crippen LogP contribution in [0, 0.1) is 0 Å². The number of rotatable bonds is 7. The first-order valence-corrected chi connectivity index (χ1v) is 11.8. The van der Waals surface area contributed by atoms with Crippen LogP contribution in [-0.4, -0.2) is 33.8 Å². The minimum atomic E-state index is -0.662. The number of benzene rings is 3. The number of carbonyl (C=O) groups is 2. The van der Waals surface area contributed by atoms with Gasteiger partial charge >= 0.3 is 6.03 Å². The van der Waals surface area contributed by atoms with E-state index in [-0.39, 0.29) is 18.5 Å². The fourth-order valence-electron chi connectivity index (χ4n) is 4.11. The molecule has 1 saturated heterocycles. The van der Waals surface area contributed by atoms with Gasteiger partial charge in [-0.1, -0.05) is 72.8 Å². The summed E-state index contributed by atoms with van der Waals surface area (Å²) in [6.45, 7) is 0.486. The van der Waals surface area contributed by atoms with Gasteiger partial charge in [-0.05, 0) is 23.3 Å². The third-order valence-corrected chi connectivity index (χ3v) is 6.73. The number of ether oxygens (including phenoxy) is 1. The van der Waals surface area contributed by atoms with Crippen molar-refractivity contribution < 1.29 is 14.3 Å². The van der Waals surface area contributed by atoms with Crippen LogP contribution in [0.1, 0.15) is 22.9 Å². The molecule has 1 fully saturated rings. The lowest BCUT2D eigenvalue weighted by atomic mass is 10.1. The summed E-state index contributed by atoms with van der Waals surface area (Å²) in [6.07, 6.45) is 0. The van der Waals surface area contributed by atoms with Gasteiger partial charge in [-0.2, -0.15) is 0 Å². The van der Waals surface area contributed by atoms with E-state index in [4.69, 9.17) is 9.72 Å². The van der Waals surface area contributed by atoms with Crippen molar-refractivity contribution in [2.24, 2.45) is 0 Å². The molecule has 0 radical (unpaired) electrons. The van der Waals surface area contributed by atoms with Crippen molar-refractivity contribution in [2.75, 3.05) is 7.11 Å². The second kappa shape index (κ2) is 9.49. The predicted molar refractivity (Wildman–Crippen MR) is 131 cm³/mol. The lowest BCUT2D eigenvalue weighted by molar-refractivity contribution is -0.129. The minimum Gasteiger partial charge on any atom is -0.497 e. The van der Waals surface area contributed by atoms with E-state index >= 15 is 0 Å². The summed E-state index contributed by atoms with van der Waals surface area (Å²) in [6, 6.07) is 25.9. The SMILES string of the molecule is COc1cccc(-c2nc(CN3C(=O)C(c4ccccc4)N(Cc4ccccc4)C3=O)cs2)c1. The molecule has 0 N–H and O–H groups in total. The first-order chi connectivity index (χ1) is 16.6. The highest BCUT2D eigenvalue weighted by atomic mass is 32.1. The summed E-state index contributed by atoms with van der Waals surface area (Å²) in [4.78, 5) is 34.6. The molecule has 1 unspecified atom stereocenters. The van der Waals surface area contributed by atoms with Crippen molar-refractivity contribution in [3.8, 4) is 16.3 Å². The summed E-state index contributed by atoms with van der Waals surface area (Å²) in [7, 11) is 1.63. The Hall–Kier alpha value is -3.97. The molecule has 0 spiro atoms. The van der Waals surface area contributed by atoms with E-state index in [0.29, 0.717) is 12.2 Å². The van der Waals surface area contributed by atoms with E-state index in [1.807, 2.05) is 90.3 Å². The topological polar surface area (TPSA) is 62.7 Å². The van der Waals surface area contributed by atoms with Crippen LogP contribution in [0.3, 0.4) is 0 Å². The van der Waals surface area contributed by atoms with Crippen LogP contribution in [0.4, 0.5) is 4.79 Å². The van der Waals surface area contributed by atoms with Crippen molar-refractivity contribution in [1.82, 2.24) is 14.8 Å². The van der Waals surface area contributed by atoms with Gasteiger partial charge in [-0.15, -0.1) is 11.3 Å². The predicted octanol–water partition coefficient (Wildman–Crippen LogP) is 5.52. The van der Waals surface area contributed by atoms with Gasteiger partial charge < -0.3 is 9.64 Å². The molecule has 170 valence electrons. The van der Waals surface area contributed by atoms with E-state index in [1.54, 1.807) is 12.0 Å². The highest BCUT2D eigenvalue weighted by Crippen LogP contribution is 2.34. The van der Waals surface area contributed by atoms with E-state index in [0.717, 1.165) is 27.4 Å². The van der Waals surface area contributed by atoms with E-state index in [9.17, 15) is 9.59 Å². The summed E-state index contributed by atoms with van der Waals surface area (Å²) < 4.78 is 5.31. The maximum Gasteiger partial charge on any atom is 0.328 e. The Kier molecular flexibility index (Phi) is 6.10. The molecule has 6 nitrogen and oxygen atoms in total. The van der Waals surface area contributed by atoms with Gasteiger partial charge in [-0.25, -0.2) is 9.78 Å². The normalized spacial score (nSPS) is 15.7. The zero-order chi connectivity index (χ0) is 23.5. The molecule has 4 aromatic rings. The van der Waals surface area contributed by atoms with Crippen molar-refractivity contribution in [3.63, 3.8) is 0 Å². The monoisotopic (exact) mass is 469 g/mol. The molecule has 0 bridgehead atoms. The van der Waals surface area contributed by atoms with Gasteiger partial charge in [0.25, 0.3) is 5.91 Å². The van der Waals surface area contributed by atoms with E-state index < -0.39 is 6.04 Å². The maximum absolute atomic E-state index is 13.5. The molecule has 1 aliphatic rings. The van der Waals surface area contributed by atoms with Gasteiger partial charge in [0, 0.05) is 17.5 Å². The molecule has 1 aromatic heterocycles. The Morgan fingerprint density at radius 2 is 1.65 bits per heavy atom. The average molecular weight is 470 g/mol. The number of hydrogen-bond acceptors (Lipinski definition) is 5. The van der Waals surface area contributed by atoms with Crippen LogP contribution < -0.4 is 4.74 Å². The van der Waals surface area contributed by atoms with Gasteiger partial charge in [0.05, 0.1) is 19.3 Å². The quantitative estimate of drug-likeness (QED) is 0.334. The first-order valence-electron chi connectivity index (χ1n) is 10.9.